The molecule has 2 nitrogen and oxygen atoms in total. The van der Waals surface area contributed by atoms with Crippen LogP contribution in [0.1, 0.15) is 36.8 Å². The first kappa shape index (κ1) is 13.6. The Morgan fingerprint density at radius 1 is 1.28 bits per heavy atom. The zero-order valence-corrected chi connectivity index (χ0v) is 11.6. The second-order valence-electron chi connectivity index (χ2n) is 5.74. The first-order valence-electron chi connectivity index (χ1n) is 7.08. The van der Waals surface area contributed by atoms with E-state index in [0.29, 0.717) is 5.92 Å². The van der Waals surface area contributed by atoms with Crippen LogP contribution in [0.2, 0.25) is 0 Å². The molecule has 1 unspecified atom stereocenters. The molecular weight excluding hydrogens is 222 g/mol. The van der Waals surface area contributed by atoms with Gasteiger partial charge in [-0.1, -0.05) is 37.1 Å². The molecular formula is C16H25NO. The molecule has 1 N–H and O–H groups in total. The maximum Gasteiger partial charge on any atom is 0.0695 e. The van der Waals surface area contributed by atoms with Crippen LogP contribution < -0.4 is 0 Å². The van der Waals surface area contributed by atoms with Crippen LogP contribution in [0.15, 0.2) is 24.3 Å². The molecule has 0 bridgehead atoms. The summed E-state index contributed by atoms with van der Waals surface area (Å²) in [4.78, 5) is 2.24. The van der Waals surface area contributed by atoms with Gasteiger partial charge in [-0.2, -0.15) is 0 Å². The molecule has 1 atom stereocenters. The van der Waals surface area contributed by atoms with Crippen molar-refractivity contribution in [1.29, 1.82) is 0 Å². The standard InChI is InChI=1S/C16H25NO/c1-13-7-3-4-10-15(13)11-17(2)12-16(18)14-8-5-6-9-14/h3-4,7,10,14,16,18H,5-6,8-9,11-12H2,1-2H3. The van der Waals surface area contributed by atoms with Crippen LogP contribution >= 0.6 is 0 Å². The maximum atomic E-state index is 10.2. The number of hydrogen-bond donors (Lipinski definition) is 1. The normalized spacial score (nSPS) is 18.4. The lowest BCUT2D eigenvalue weighted by atomic mass is 10.0. The number of aliphatic hydroxyl groups is 1. The second kappa shape index (κ2) is 6.35. The van der Waals surface area contributed by atoms with E-state index in [9.17, 15) is 5.11 Å². The Balaban J connectivity index is 1.84. The lowest BCUT2D eigenvalue weighted by Gasteiger charge is -2.25. The van der Waals surface area contributed by atoms with Crippen LogP contribution in [0.4, 0.5) is 0 Å². The van der Waals surface area contributed by atoms with Crippen molar-refractivity contribution in [3.8, 4) is 0 Å². The molecule has 0 radical (unpaired) electrons. The molecule has 0 saturated heterocycles. The van der Waals surface area contributed by atoms with E-state index >= 15 is 0 Å². The number of aliphatic hydroxyl groups excluding tert-OH is 1. The minimum absolute atomic E-state index is 0.151. The molecule has 2 rings (SSSR count). The fraction of sp³-hybridized carbons (Fsp3) is 0.625. The number of likely N-dealkylation sites (N-methyl/N-ethyl adjacent to an activating group) is 1. The Hall–Kier alpha value is -0.860. The Bertz CT molecular complexity index is 371. The predicted octanol–water partition coefficient (Wildman–Crippen LogP) is 2.98. The van der Waals surface area contributed by atoms with Crippen molar-refractivity contribution in [2.45, 2.75) is 45.3 Å². The highest BCUT2D eigenvalue weighted by Gasteiger charge is 2.24. The van der Waals surface area contributed by atoms with Gasteiger partial charge in [0.25, 0.3) is 0 Å². The molecule has 2 heteroatoms. The van der Waals surface area contributed by atoms with E-state index in [0.717, 1.165) is 13.1 Å². The van der Waals surface area contributed by atoms with Gasteiger partial charge < -0.3 is 5.11 Å². The quantitative estimate of drug-likeness (QED) is 0.864. The lowest BCUT2D eigenvalue weighted by Crippen LogP contribution is -2.33. The summed E-state index contributed by atoms with van der Waals surface area (Å²) >= 11 is 0. The minimum atomic E-state index is -0.151. The van der Waals surface area contributed by atoms with Gasteiger partial charge >= 0.3 is 0 Å². The van der Waals surface area contributed by atoms with E-state index in [2.05, 4.69) is 43.1 Å². The molecule has 100 valence electrons. The highest BCUT2D eigenvalue weighted by molar-refractivity contribution is 5.25. The summed E-state index contributed by atoms with van der Waals surface area (Å²) in [6.45, 7) is 3.87. The fourth-order valence-corrected chi connectivity index (χ4v) is 2.95. The van der Waals surface area contributed by atoms with E-state index in [1.165, 1.54) is 36.8 Å². The average molecular weight is 247 g/mol. The van der Waals surface area contributed by atoms with Crippen molar-refractivity contribution in [2.24, 2.45) is 5.92 Å². The first-order valence-corrected chi connectivity index (χ1v) is 7.08. The summed E-state index contributed by atoms with van der Waals surface area (Å²) in [7, 11) is 2.10. The van der Waals surface area contributed by atoms with Gasteiger partial charge in [0.05, 0.1) is 6.10 Å². The lowest BCUT2D eigenvalue weighted by molar-refractivity contribution is 0.0724. The minimum Gasteiger partial charge on any atom is -0.392 e. The molecule has 0 aliphatic heterocycles. The summed E-state index contributed by atoms with van der Waals surface area (Å²) in [5.41, 5.74) is 2.69. The maximum absolute atomic E-state index is 10.2. The summed E-state index contributed by atoms with van der Waals surface area (Å²) in [6.07, 6.45) is 4.85. The second-order valence-corrected chi connectivity index (χ2v) is 5.74. The number of nitrogens with zero attached hydrogens (tertiary/aromatic N) is 1. The third-order valence-corrected chi connectivity index (χ3v) is 4.14. The van der Waals surface area contributed by atoms with Crippen LogP contribution in [0, 0.1) is 12.8 Å². The van der Waals surface area contributed by atoms with Crippen molar-refractivity contribution in [3.05, 3.63) is 35.4 Å². The molecule has 0 spiro atoms. The van der Waals surface area contributed by atoms with Crippen molar-refractivity contribution < 1.29 is 5.11 Å². The Kier molecular flexibility index (Phi) is 4.79. The van der Waals surface area contributed by atoms with E-state index < -0.39 is 0 Å². The van der Waals surface area contributed by atoms with Gasteiger partial charge in [-0.05, 0) is 43.9 Å². The van der Waals surface area contributed by atoms with Crippen molar-refractivity contribution in [1.82, 2.24) is 4.90 Å². The molecule has 1 aliphatic rings. The zero-order chi connectivity index (χ0) is 13.0. The van der Waals surface area contributed by atoms with E-state index in [-0.39, 0.29) is 6.10 Å². The van der Waals surface area contributed by atoms with Crippen LogP contribution in [-0.4, -0.2) is 29.7 Å². The van der Waals surface area contributed by atoms with Crippen LogP contribution in [0.3, 0.4) is 0 Å². The van der Waals surface area contributed by atoms with Gasteiger partial charge in [0.1, 0.15) is 0 Å². The van der Waals surface area contributed by atoms with E-state index in [1.807, 2.05) is 0 Å². The molecule has 0 heterocycles. The topological polar surface area (TPSA) is 23.5 Å². The van der Waals surface area contributed by atoms with E-state index in [1.54, 1.807) is 0 Å². The van der Waals surface area contributed by atoms with Gasteiger partial charge in [0, 0.05) is 13.1 Å². The summed E-state index contributed by atoms with van der Waals surface area (Å²) < 4.78 is 0. The third kappa shape index (κ3) is 3.56. The molecule has 1 aromatic carbocycles. The predicted molar refractivity (Wildman–Crippen MR) is 75.5 cm³/mol. The molecule has 1 fully saturated rings. The summed E-state index contributed by atoms with van der Waals surface area (Å²) in [6, 6.07) is 8.49. The van der Waals surface area contributed by atoms with Crippen LogP contribution in [-0.2, 0) is 6.54 Å². The van der Waals surface area contributed by atoms with Crippen molar-refractivity contribution in [2.75, 3.05) is 13.6 Å². The average Bonchev–Trinajstić information content (AvgIpc) is 2.85. The Labute approximate surface area is 111 Å². The Morgan fingerprint density at radius 2 is 1.94 bits per heavy atom. The smallest absolute Gasteiger partial charge is 0.0695 e. The van der Waals surface area contributed by atoms with Crippen molar-refractivity contribution >= 4 is 0 Å². The number of benzene rings is 1. The van der Waals surface area contributed by atoms with Crippen molar-refractivity contribution in [3.63, 3.8) is 0 Å². The summed E-state index contributed by atoms with van der Waals surface area (Å²) in [5.74, 6) is 0.532. The van der Waals surface area contributed by atoms with Gasteiger partial charge in [0.2, 0.25) is 0 Å². The van der Waals surface area contributed by atoms with Gasteiger partial charge in [-0.15, -0.1) is 0 Å². The first-order chi connectivity index (χ1) is 8.66. The zero-order valence-electron chi connectivity index (χ0n) is 11.6. The molecule has 1 aliphatic carbocycles. The molecule has 0 amide bonds. The number of rotatable bonds is 5. The molecule has 1 aromatic rings. The van der Waals surface area contributed by atoms with Gasteiger partial charge in [0.15, 0.2) is 0 Å². The monoisotopic (exact) mass is 247 g/mol. The number of aryl methyl sites for hydroxylation is 1. The van der Waals surface area contributed by atoms with Gasteiger partial charge in [-0.25, -0.2) is 0 Å². The number of hydrogen-bond acceptors (Lipinski definition) is 2. The van der Waals surface area contributed by atoms with Crippen LogP contribution in [0.5, 0.6) is 0 Å². The van der Waals surface area contributed by atoms with Crippen LogP contribution in [0.25, 0.3) is 0 Å². The third-order valence-electron chi connectivity index (χ3n) is 4.14. The highest BCUT2D eigenvalue weighted by atomic mass is 16.3. The fourth-order valence-electron chi connectivity index (χ4n) is 2.95. The van der Waals surface area contributed by atoms with Gasteiger partial charge in [-0.3, -0.25) is 4.90 Å². The molecule has 0 aromatic heterocycles. The molecule has 1 saturated carbocycles. The van der Waals surface area contributed by atoms with E-state index in [4.69, 9.17) is 0 Å². The highest BCUT2D eigenvalue weighted by Crippen LogP contribution is 2.28. The Morgan fingerprint density at radius 3 is 2.61 bits per heavy atom. The largest absolute Gasteiger partial charge is 0.392 e. The molecule has 18 heavy (non-hydrogen) atoms. The SMILES string of the molecule is Cc1ccccc1CN(C)CC(O)C1CCCC1. The summed E-state index contributed by atoms with van der Waals surface area (Å²) in [5, 5.41) is 10.2.